The lowest BCUT2D eigenvalue weighted by molar-refractivity contribution is 0.566. The molecule has 0 amide bonds. The quantitative estimate of drug-likeness (QED) is 0.676. The Kier molecular flexibility index (Phi) is 4.76. The molecule has 130 valence electrons. The summed E-state index contributed by atoms with van der Waals surface area (Å²) in [5.74, 6) is -0.215. The van der Waals surface area contributed by atoms with Crippen LogP contribution in [-0.2, 0) is 6.54 Å². The topological polar surface area (TPSA) is 15.6 Å². The van der Waals surface area contributed by atoms with Gasteiger partial charge in [0.25, 0.3) is 0 Å². The summed E-state index contributed by atoms with van der Waals surface area (Å²) in [6.45, 7) is 10.4. The van der Waals surface area contributed by atoms with E-state index in [0.29, 0.717) is 6.54 Å². The molecule has 0 radical (unpaired) electrons. The van der Waals surface area contributed by atoms with Crippen molar-refractivity contribution in [3.05, 3.63) is 71.0 Å². The molecule has 2 aromatic rings. The van der Waals surface area contributed by atoms with Crippen LogP contribution in [0.4, 0.5) is 10.1 Å². The Morgan fingerprint density at radius 3 is 2.52 bits per heavy atom. The van der Waals surface area contributed by atoms with E-state index < -0.39 is 0 Å². The lowest BCUT2D eigenvalue weighted by Crippen LogP contribution is -2.44. The molecule has 25 heavy (non-hydrogen) atoms. The molecule has 1 aliphatic rings. The molecule has 2 nitrogen and oxygen atoms in total. The number of anilines is 1. The highest BCUT2D eigenvalue weighted by atomic mass is 19.1. The van der Waals surface area contributed by atoms with Crippen molar-refractivity contribution in [3.8, 4) is 0 Å². The molecule has 0 aliphatic carbocycles. The van der Waals surface area contributed by atoms with Crippen LogP contribution in [0.3, 0.4) is 0 Å². The van der Waals surface area contributed by atoms with Crippen LogP contribution in [0.5, 0.6) is 0 Å². The lowest BCUT2D eigenvalue weighted by atomic mass is 9.88. The van der Waals surface area contributed by atoms with Crippen molar-refractivity contribution in [2.24, 2.45) is 4.99 Å². The first-order valence-corrected chi connectivity index (χ1v) is 8.76. The van der Waals surface area contributed by atoms with E-state index in [2.05, 4.69) is 61.9 Å². The van der Waals surface area contributed by atoms with Crippen LogP contribution in [0.15, 0.2) is 53.5 Å². The smallest absolute Gasteiger partial charge is 0.123 e. The summed E-state index contributed by atoms with van der Waals surface area (Å²) in [5.41, 5.74) is 5.98. The Balaban J connectivity index is 1.82. The maximum atomic E-state index is 12.9. The predicted octanol–water partition coefficient (Wildman–Crippen LogP) is 5.47. The van der Waals surface area contributed by atoms with Gasteiger partial charge in [-0.3, -0.25) is 4.99 Å². The van der Waals surface area contributed by atoms with Crippen LogP contribution in [-0.4, -0.2) is 18.3 Å². The molecule has 0 N–H and O–H groups in total. The fourth-order valence-electron chi connectivity index (χ4n) is 3.61. The summed E-state index contributed by atoms with van der Waals surface area (Å²) in [6.07, 6.45) is 4.23. The molecule has 0 spiro atoms. The highest BCUT2D eigenvalue weighted by Gasteiger charge is 2.29. The van der Waals surface area contributed by atoms with Gasteiger partial charge >= 0.3 is 0 Å². The third kappa shape index (κ3) is 3.65. The minimum atomic E-state index is -0.215. The molecule has 0 fully saturated rings. The van der Waals surface area contributed by atoms with Gasteiger partial charge in [-0.1, -0.05) is 24.3 Å². The summed E-state index contributed by atoms with van der Waals surface area (Å²) in [6, 6.07) is 13.0. The van der Waals surface area contributed by atoms with Gasteiger partial charge in [0.15, 0.2) is 0 Å². The molecule has 0 atom stereocenters. The van der Waals surface area contributed by atoms with Gasteiger partial charge in [-0.15, -0.1) is 0 Å². The zero-order valence-electron chi connectivity index (χ0n) is 15.4. The van der Waals surface area contributed by atoms with Crippen molar-refractivity contribution in [2.45, 2.75) is 39.8 Å². The first-order valence-electron chi connectivity index (χ1n) is 8.76. The number of allylic oxidation sites excluding steroid dienone is 1. The van der Waals surface area contributed by atoms with E-state index in [1.54, 1.807) is 12.1 Å². The van der Waals surface area contributed by atoms with Gasteiger partial charge in [0.05, 0.1) is 12.1 Å². The van der Waals surface area contributed by atoms with E-state index in [0.717, 1.165) is 17.7 Å². The molecular weight excluding hydrogens is 311 g/mol. The molecule has 0 bridgehead atoms. The first-order chi connectivity index (χ1) is 11.9. The molecule has 2 aromatic carbocycles. The first kappa shape index (κ1) is 17.4. The second kappa shape index (κ2) is 6.83. The van der Waals surface area contributed by atoms with Crippen LogP contribution in [0.1, 0.15) is 44.4 Å². The zero-order valence-corrected chi connectivity index (χ0v) is 15.4. The number of fused-ring (bicyclic) bond motifs is 1. The van der Waals surface area contributed by atoms with Crippen molar-refractivity contribution in [1.82, 2.24) is 0 Å². The van der Waals surface area contributed by atoms with Crippen molar-refractivity contribution < 1.29 is 4.39 Å². The van der Waals surface area contributed by atoms with Crippen molar-refractivity contribution in [3.63, 3.8) is 0 Å². The van der Waals surface area contributed by atoms with Crippen molar-refractivity contribution in [1.29, 1.82) is 0 Å². The number of likely N-dealkylation sites (N-methyl/N-ethyl adjacent to an activating group) is 1. The van der Waals surface area contributed by atoms with E-state index in [9.17, 15) is 4.39 Å². The average Bonchev–Trinajstić information content (AvgIpc) is 2.57. The minimum absolute atomic E-state index is 0.0318. The summed E-state index contributed by atoms with van der Waals surface area (Å²) in [5, 5.41) is 0. The van der Waals surface area contributed by atoms with Gasteiger partial charge in [-0.05, 0) is 68.7 Å². The van der Waals surface area contributed by atoms with E-state index in [4.69, 9.17) is 0 Å². The Morgan fingerprint density at radius 1 is 1.12 bits per heavy atom. The highest BCUT2D eigenvalue weighted by molar-refractivity contribution is 5.87. The third-order valence-electron chi connectivity index (χ3n) is 4.75. The second-order valence-electron chi connectivity index (χ2n) is 7.10. The second-order valence-corrected chi connectivity index (χ2v) is 7.10. The Labute approximate surface area is 149 Å². The van der Waals surface area contributed by atoms with E-state index >= 15 is 0 Å². The largest absolute Gasteiger partial charge is 0.363 e. The fourth-order valence-corrected chi connectivity index (χ4v) is 3.61. The SMILES string of the molecule is CCN1c2ccc(C=NCc3ccc(F)cc3)cc2C(C)=CC1(C)C. The van der Waals surface area contributed by atoms with Crippen LogP contribution >= 0.6 is 0 Å². The molecule has 0 saturated heterocycles. The molecule has 3 heteroatoms. The normalized spacial score (nSPS) is 16.0. The van der Waals surface area contributed by atoms with Crippen LogP contribution in [0, 0.1) is 5.82 Å². The molecular formula is C22H25FN2. The number of benzene rings is 2. The minimum Gasteiger partial charge on any atom is -0.363 e. The summed E-state index contributed by atoms with van der Waals surface area (Å²) < 4.78 is 12.9. The maximum absolute atomic E-state index is 12.9. The highest BCUT2D eigenvalue weighted by Crippen LogP contribution is 2.38. The van der Waals surface area contributed by atoms with Gasteiger partial charge in [-0.2, -0.15) is 0 Å². The number of hydrogen-bond donors (Lipinski definition) is 0. The summed E-state index contributed by atoms with van der Waals surface area (Å²) >= 11 is 0. The van der Waals surface area contributed by atoms with Crippen LogP contribution in [0.2, 0.25) is 0 Å². The van der Waals surface area contributed by atoms with Gasteiger partial charge < -0.3 is 4.90 Å². The Hall–Kier alpha value is -2.42. The Morgan fingerprint density at radius 2 is 1.84 bits per heavy atom. The molecule has 3 rings (SSSR count). The van der Waals surface area contributed by atoms with Gasteiger partial charge in [-0.25, -0.2) is 4.39 Å². The number of hydrogen-bond acceptors (Lipinski definition) is 2. The molecule has 0 saturated carbocycles. The lowest BCUT2D eigenvalue weighted by Gasteiger charge is -2.42. The number of rotatable bonds is 4. The predicted molar refractivity (Wildman–Crippen MR) is 105 cm³/mol. The number of aliphatic imine (C=N–C) groups is 1. The zero-order chi connectivity index (χ0) is 18.0. The summed E-state index contributed by atoms with van der Waals surface area (Å²) in [4.78, 5) is 6.93. The van der Waals surface area contributed by atoms with Crippen LogP contribution < -0.4 is 4.90 Å². The molecule has 0 unspecified atom stereocenters. The van der Waals surface area contributed by atoms with Crippen LogP contribution in [0.25, 0.3) is 5.57 Å². The monoisotopic (exact) mass is 336 g/mol. The molecule has 1 heterocycles. The van der Waals surface area contributed by atoms with Crippen molar-refractivity contribution in [2.75, 3.05) is 11.4 Å². The van der Waals surface area contributed by atoms with E-state index in [1.165, 1.54) is 29.0 Å². The number of nitrogens with zero attached hydrogens (tertiary/aromatic N) is 2. The van der Waals surface area contributed by atoms with Crippen molar-refractivity contribution >= 4 is 17.5 Å². The third-order valence-corrected chi connectivity index (χ3v) is 4.75. The number of halogens is 1. The van der Waals surface area contributed by atoms with Gasteiger partial charge in [0, 0.05) is 24.0 Å². The Bertz CT molecular complexity index is 816. The standard InChI is InChI=1S/C22H25FN2/c1-5-25-21-11-8-18(12-20(21)16(2)13-22(25,3)4)15-24-14-17-6-9-19(23)10-7-17/h6-13,15H,5,14H2,1-4H3. The molecule has 1 aliphatic heterocycles. The van der Waals surface area contributed by atoms with E-state index in [-0.39, 0.29) is 11.4 Å². The van der Waals surface area contributed by atoms with Gasteiger partial charge in [0.1, 0.15) is 5.82 Å². The molecule has 0 aromatic heterocycles. The fraction of sp³-hybridized carbons (Fsp3) is 0.318. The summed E-state index contributed by atoms with van der Waals surface area (Å²) in [7, 11) is 0. The van der Waals surface area contributed by atoms with Gasteiger partial charge in [0.2, 0.25) is 0 Å². The van der Waals surface area contributed by atoms with E-state index in [1.807, 2.05) is 6.21 Å². The maximum Gasteiger partial charge on any atom is 0.123 e. The average molecular weight is 336 g/mol.